The molecule has 0 spiro atoms. The van der Waals surface area contributed by atoms with Gasteiger partial charge in [0.05, 0.1) is 0 Å². The standard InChI is InChI=1S/C29H49N3O4/c1-12-14-18-30-25(33)24(22-20(5)16-15-17-21(22)6)32(29(10,11)13-2)26(34)23(19(3)4)31-27(35)36-28(7,8)9/h15-17,19,23-24H,12-14,18H2,1-11H3,(H,30,33)(H,31,35). The molecule has 0 aromatic heterocycles. The van der Waals surface area contributed by atoms with E-state index >= 15 is 0 Å². The van der Waals surface area contributed by atoms with Crippen molar-refractivity contribution in [1.82, 2.24) is 15.5 Å². The maximum absolute atomic E-state index is 14.3. The fourth-order valence-electron chi connectivity index (χ4n) is 4.16. The summed E-state index contributed by atoms with van der Waals surface area (Å²) in [5.74, 6) is -0.738. The van der Waals surface area contributed by atoms with Crippen molar-refractivity contribution in [3.63, 3.8) is 0 Å². The predicted molar refractivity (Wildman–Crippen MR) is 146 cm³/mol. The van der Waals surface area contributed by atoms with Crippen LogP contribution >= 0.6 is 0 Å². The molecule has 1 rings (SSSR count). The number of hydrogen-bond donors (Lipinski definition) is 2. The lowest BCUT2D eigenvalue weighted by atomic mass is 9.87. The molecule has 1 aromatic rings. The molecule has 7 nitrogen and oxygen atoms in total. The van der Waals surface area contributed by atoms with Crippen LogP contribution in [0.3, 0.4) is 0 Å². The summed E-state index contributed by atoms with van der Waals surface area (Å²) in [6, 6.07) is 4.19. The zero-order valence-electron chi connectivity index (χ0n) is 24.4. The van der Waals surface area contributed by atoms with Crippen LogP contribution in [-0.4, -0.2) is 46.5 Å². The van der Waals surface area contributed by atoms with Gasteiger partial charge in [-0.2, -0.15) is 0 Å². The first-order valence-corrected chi connectivity index (χ1v) is 13.2. The van der Waals surface area contributed by atoms with Crippen molar-refractivity contribution in [3.8, 4) is 0 Å². The van der Waals surface area contributed by atoms with Gasteiger partial charge in [-0.3, -0.25) is 9.59 Å². The molecule has 0 saturated heterocycles. The molecule has 0 heterocycles. The molecule has 2 atom stereocenters. The Labute approximate surface area is 218 Å². The molecule has 36 heavy (non-hydrogen) atoms. The summed E-state index contributed by atoms with van der Waals surface area (Å²) in [6.07, 6.45) is 1.78. The van der Waals surface area contributed by atoms with E-state index in [0.29, 0.717) is 13.0 Å². The van der Waals surface area contributed by atoms with Crippen molar-refractivity contribution < 1.29 is 19.1 Å². The Morgan fingerprint density at radius 1 is 1.00 bits per heavy atom. The number of carbonyl (C=O) groups excluding carboxylic acids is 3. The van der Waals surface area contributed by atoms with Crippen molar-refractivity contribution in [1.29, 1.82) is 0 Å². The molecule has 204 valence electrons. The molecule has 0 saturated carbocycles. The zero-order chi connectivity index (χ0) is 27.8. The Bertz CT molecular complexity index is 882. The first-order chi connectivity index (χ1) is 16.6. The molecule has 0 aliphatic rings. The van der Waals surface area contributed by atoms with Crippen LogP contribution in [0.5, 0.6) is 0 Å². The van der Waals surface area contributed by atoms with E-state index in [4.69, 9.17) is 4.74 Å². The molecule has 2 N–H and O–H groups in total. The van der Waals surface area contributed by atoms with Gasteiger partial charge in [-0.25, -0.2) is 4.79 Å². The number of ether oxygens (including phenoxy) is 1. The number of nitrogens with one attached hydrogen (secondary N) is 2. The van der Waals surface area contributed by atoms with E-state index in [9.17, 15) is 14.4 Å². The van der Waals surface area contributed by atoms with Crippen molar-refractivity contribution in [2.24, 2.45) is 5.92 Å². The highest BCUT2D eigenvalue weighted by Gasteiger charge is 2.44. The van der Waals surface area contributed by atoms with Crippen LogP contribution in [0.4, 0.5) is 4.79 Å². The molecule has 1 aromatic carbocycles. The summed E-state index contributed by atoms with van der Waals surface area (Å²) in [6.45, 7) is 21.6. The third kappa shape index (κ3) is 8.52. The summed E-state index contributed by atoms with van der Waals surface area (Å²) < 4.78 is 5.46. The van der Waals surface area contributed by atoms with E-state index in [1.165, 1.54) is 0 Å². The van der Waals surface area contributed by atoms with E-state index in [1.54, 1.807) is 25.7 Å². The summed E-state index contributed by atoms with van der Waals surface area (Å²) in [4.78, 5) is 42.5. The van der Waals surface area contributed by atoms with Crippen LogP contribution in [-0.2, 0) is 14.3 Å². The molecule has 0 aliphatic heterocycles. The molecule has 0 fully saturated rings. The Morgan fingerprint density at radius 2 is 1.56 bits per heavy atom. The molecular formula is C29H49N3O4. The van der Waals surface area contributed by atoms with Gasteiger partial charge in [0.2, 0.25) is 11.8 Å². The van der Waals surface area contributed by atoms with Gasteiger partial charge >= 0.3 is 6.09 Å². The number of aryl methyl sites for hydroxylation is 2. The van der Waals surface area contributed by atoms with Crippen LogP contribution in [0.2, 0.25) is 0 Å². The number of carbonyl (C=O) groups is 3. The largest absolute Gasteiger partial charge is 0.444 e. The second-order valence-corrected chi connectivity index (χ2v) is 11.6. The minimum atomic E-state index is -0.860. The van der Waals surface area contributed by atoms with E-state index in [-0.39, 0.29) is 17.7 Å². The van der Waals surface area contributed by atoms with E-state index < -0.39 is 29.3 Å². The third-order valence-electron chi connectivity index (χ3n) is 6.51. The van der Waals surface area contributed by atoms with Gasteiger partial charge in [0, 0.05) is 12.1 Å². The average molecular weight is 504 g/mol. The van der Waals surface area contributed by atoms with Crippen LogP contribution < -0.4 is 10.6 Å². The lowest BCUT2D eigenvalue weighted by Gasteiger charge is -2.45. The number of alkyl carbamates (subject to hydrolysis) is 1. The normalized spacial score (nSPS) is 13.7. The molecule has 0 aliphatic carbocycles. The Morgan fingerprint density at radius 3 is 2.00 bits per heavy atom. The van der Waals surface area contributed by atoms with Gasteiger partial charge in [-0.15, -0.1) is 0 Å². The fourth-order valence-corrected chi connectivity index (χ4v) is 4.16. The van der Waals surface area contributed by atoms with Crippen LogP contribution in [0.1, 0.15) is 104 Å². The van der Waals surface area contributed by atoms with Crippen molar-refractivity contribution in [2.45, 2.75) is 119 Å². The highest BCUT2D eigenvalue weighted by atomic mass is 16.6. The van der Waals surface area contributed by atoms with Crippen molar-refractivity contribution in [3.05, 3.63) is 34.9 Å². The number of hydrogen-bond acceptors (Lipinski definition) is 4. The van der Waals surface area contributed by atoms with E-state index in [0.717, 1.165) is 29.5 Å². The van der Waals surface area contributed by atoms with Crippen molar-refractivity contribution in [2.75, 3.05) is 6.54 Å². The maximum Gasteiger partial charge on any atom is 0.408 e. The smallest absolute Gasteiger partial charge is 0.408 e. The molecule has 0 radical (unpaired) electrons. The monoisotopic (exact) mass is 503 g/mol. The minimum Gasteiger partial charge on any atom is -0.444 e. The van der Waals surface area contributed by atoms with Gasteiger partial charge in [0.1, 0.15) is 17.7 Å². The summed E-state index contributed by atoms with van der Waals surface area (Å²) in [5, 5.41) is 5.86. The van der Waals surface area contributed by atoms with Gasteiger partial charge < -0.3 is 20.3 Å². The average Bonchev–Trinajstić information content (AvgIpc) is 2.74. The third-order valence-corrected chi connectivity index (χ3v) is 6.51. The summed E-state index contributed by atoms with van der Waals surface area (Å²) in [5.41, 5.74) is 1.34. The number of amides is 3. The molecule has 2 unspecified atom stereocenters. The first-order valence-electron chi connectivity index (χ1n) is 13.2. The Balaban J connectivity index is 3.68. The first kappa shape index (κ1) is 31.5. The van der Waals surface area contributed by atoms with Gasteiger partial charge in [0.15, 0.2) is 0 Å². The van der Waals surface area contributed by atoms with E-state index in [1.807, 2.05) is 66.7 Å². The number of nitrogens with zero attached hydrogens (tertiary/aromatic N) is 1. The lowest BCUT2D eigenvalue weighted by Crippen LogP contribution is -2.60. The second kappa shape index (κ2) is 13.1. The van der Waals surface area contributed by atoms with Crippen molar-refractivity contribution >= 4 is 17.9 Å². The number of benzene rings is 1. The molecular weight excluding hydrogens is 454 g/mol. The maximum atomic E-state index is 14.3. The number of unbranched alkanes of at least 4 members (excludes halogenated alkanes) is 1. The quantitative estimate of drug-likeness (QED) is 0.372. The van der Waals surface area contributed by atoms with Gasteiger partial charge in [-0.1, -0.05) is 52.3 Å². The highest BCUT2D eigenvalue weighted by molar-refractivity contribution is 5.93. The Kier molecular flexibility index (Phi) is 11.5. The highest BCUT2D eigenvalue weighted by Crippen LogP contribution is 2.35. The summed E-state index contributed by atoms with van der Waals surface area (Å²) >= 11 is 0. The Hall–Kier alpha value is -2.57. The van der Waals surface area contributed by atoms with Gasteiger partial charge in [-0.05, 0) is 83.9 Å². The zero-order valence-corrected chi connectivity index (χ0v) is 24.4. The predicted octanol–water partition coefficient (Wildman–Crippen LogP) is 5.83. The molecule has 7 heteroatoms. The second-order valence-electron chi connectivity index (χ2n) is 11.6. The van der Waals surface area contributed by atoms with E-state index in [2.05, 4.69) is 17.6 Å². The topological polar surface area (TPSA) is 87.7 Å². The minimum absolute atomic E-state index is 0.213. The molecule has 3 amide bonds. The molecule has 0 bridgehead atoms. The SMILES string of the molecule is CCCCNC(=O)C(c1c(C)cccc1C)N(C(=O)C(NC(=O)OC(C)(C)C)C(C)C)C(C)(C)CC. The van der Waals surface area contributed by atoms with Crippen LogP contribution in [0.15, 0.2) is 18.2 Å². The van der Waals surface area contributed by atoms with Crippen LogP contribution in [0.25, 0.3) is 0 Å². The van der Waals surface area contributed by atoms with Crippen LogP contribution in [0, 0.1) is 19.8 Å². The van der Waals surface area contributed by atoms with Gasteiger partial charge in [0.25, 0.3) is 0 Å². The lowest BCUT2D eigenvalue weighted by molar-refractivity contribution is -0.150. The number of rotatable bonds is 11. The fraction of sp³-hybridized carbons (Fsp3) is 0.690. The summed E-state index contributed by atoms with van der Waals surface area (Å²) in [7, 11) is 0.